The summed E-state index contributed by atoms with van der Waals surface area (Å²) in [4.78, 5) is 0. The average molecular weight is 359 g/mol. The van der Waals surface area contributed by atoms with Gasteiger partial charge in [-0.15, -0.1) is 0 Å². The van der Waals surface area contributed by atoms with E-state index in [0.717, 1.165) is 17.5 Å². The van der Waals surface area contributed by atoms with E-state index >= 15 is 0 Å². The Bertz CT molecular complexity index is 415. The van der Waals surface area contributed by atoms with Crippen molar-refractivity contribution in [3.8, 4) is 0 Å². The number of hydrogen-bond donors (Lipinski definition) is 1. The van der Waals surface area contributed by atoms with Crippen LogP contribution in [-0.4, -0.2) is 6.54 Å². The van der Waals surface area contributed by atoms with E-state index in [9.17, 15) is 0 Å². The fraction of sp³-hybridized carbons (Fsp3) is 0.647. The quantitative estimate of drug-likeness (QED) is 0.646. The maximum atomic E-state index is 6.19. The summed E-state index contributed by atoms with van der Waals surface area (Å²) in [6.45, 7) is 3.29. The second-order valence-corrected chi connectivity index (χ2v) is 7.20. The Balaban J connectivity index is 2.10. The van der Waals surface area contributed by atoms with Gasteiger partial charge in [-0.2, -0.15) is 0 Å². The molecule has 0 aromatic heterocycles. The highest BCUT2D eigenvalue weighted by molar-refractivity contribution is 9.10. The van der Waals surface area contributed by atoms with Crippen molar-refractivity contribution in [1.29, 1.82) is 0 Å². The summed E-state index contributed by atoms with van der Waals surface area (Å²) in [6, 6.07) is 6.55. The maximum absolute atomic E-state index is 6.19. The third kappa shape index (κ3) is 4.75. The summed E-state index contributed by atoms with van der Waals surface area (Å²) in [5.41, 5.74) is 1.32. The van der Waals surface area contributed by atoms with Crippen molar-refractivity contribution >= 4 is 27.5 Å². The van der Waals surface area contributed by atoms with Crippen LogP contribution < -0.4 is 5.32 Å². The maximum Gasteiger partial charge on any atom is 0.0410 e. The molecule has 1 atom stereocenters. The van der Waals surface area contributed by atoms with E-state index in [2.05, 4.69) is 40.3 Å². The molecule has 112 valence electrons. The van der Waals surface area contributed by atoms with Gasteiger partial charge >= 0.3 is 0 Å². The monoisotopic (exact) mass is 357 g/mol. The highest BCUT2D eigenvalue weighted by Crippen LogP contribution is 2.35. The van der Waals surface area contributed by atoms with Crippen molar-refractivity contribution < 1.29 is 0 Å². The van der Waals surface area contributed by atoms with Gasteiger partial charge < -0.3 is 5.32 Å². The predicted octanol–water partition coefficient (Wildman–Crippen LogP) is 6.11. The molecule has 1 saturated carbocycles. The van der Waals surface area contributed by atoms with Crippen molar-refractivity contribution in [2.24, 2.45) is 5.92 Å². The first kappa shape index (κ1) is 16.3. The minimum absolute atomic E-state index is 0.422. The smallest absolute Gasteiger partial charge is 0.0410 e. The Morgan fingerprint density at radius 1 is 1.30 bits per heavy atom. The van der Waals surface area contributed by atoms with E-state index in [-0.39, 0.29) is 0 Å². The third-order valence-corrected chi connectivity index (χ3v) is 5.23. The average Bonchev–Trinajstić information content (AvgIpc) is 2.47. The van der Waals surface area contributed by atoms with E-state index < -0.39 is 0 Å². The Labute approximate surface area is 136 Å². The van der Waals surface area contributed by atoms with Crippen LogP contribution in [0, 0.1) is 5.92 Å². The van der Waals surface area contributed by atoms with Crippen LogP contribution in [0.2, 0.25) is 5.02 Å². The second-order valence-electron chi connectivity index (χ2n) is 5.91. The van der Waals surface area contributed by atoms with Crippen molar-refractivity contribution in [3.63, 3.8) is 0 Å². The Morgan fingerprint density at radius 3 is 2.75 bits per heavy atom. The summed E-state index contributed by atoms with van der Waals surface area (Å²) in [5, 5.41) is 4.54. The number of rotatable bonds is 6. The zero-order chi connectivity index (χ0) is 14.4. The molecule has 1 unspecified atom stereocenters. The fourth-order valence-electron chi connectivity index (χ4n) is 3.18. The number of hydrogen-bond acceptors (Lipinski definition) is 1. The van der Waals surface area contributed by atoms with E-state index in [0.29, 0.717) is 6.04 Å². The lowest BCUT2D eigenvalue weighted by molar-refractivity contribution is 0.299. The molecule has 0 heterocycles. The molecule has 1 aliphatic carbocycles. The van der Waals surface area contributed by atoms with Crippen LogP contribution in [0.25, 0.3) is 0 Å². The summed E-state index contributed by atoms with van der Waals surface area (Å²) in [7, 11) is 0. The fourth-order valence-corrected chi connectivity index (χ4v) is 3.88. The topological polar surface area (TPSA) is 12.0 Å². The van der Waals surface area contributed by atoms with Crippen molar-refractivity contribution in [1.82, 2.24) is 5.32 Å². The van der Waals surface area contributed by atoms with Gasteiger partial charge in [-0.25, -0.2) is 0 Å². The minimum atomic E-state index is 0.422. The van der Waals surface area contributed by atoms with Gasteiger partial charge in [-0.3, -0.25) is 0 Å². The molecule has 0 amide bonds. The van der Waals surface area contributed by atoms with E-state index in [1.165, 1.54) is 55.0 Å². The van der Waals surface area contributed by atoms with Gasteiger partial charge in [0, 0.05) is 15.5 Å². The lowest BCUT2D eigenvalue weighted by Crippen LogP contribution is -2.25. The first-order valence-electron chi connectivity index (χ1n) is 7.89. The number of halogens is 2. The normalized spacial score (nSPS) is 18.1. The summed E-state index contributed by atoms with van der Waals surface area (Å²) < 4.78 is 1.17. The lowest BCUT2D eigenvalue weighted by Gasteiger charge is -2.28. The zero-order valence-electron chi connectivity index (χ0n) is 12.3. The Morgan fingerprint density at radius 2 is 2.05 bits per heavy atom. The van der Waals surface area contributed by atoms with Gasteiger partial charge in [0.1, 0.15) is 0 Å². The third-order valence-electron chi connectivity index (χ3n) is 4.27. The number of benzene rings is 1. The van der Waals surface area contributed by atoms with Crippen molar-refractivity contribution in [2.75, 3.05) is 6.54 Å². The molecule has 3 heteroatoms. The van der Waals surface area contributed by atoms with Crippen LogP contribution in [0.1, 0.15) is 63.5 Å². The van der Waals surface area contributed by atoms with Crippen LogP contribution in [0.15, 0.2) is 22.7 Å². The SMILES string of the molecule is CCCNC(CC1CCCCC1)c1cc(Cl)ccc1Br. The second kappa shape index (κ2) is 8.41. The van der Waals surface area contributed by atoms with E-state index in [1.54, 1.807) is 0 Å². The molecule has 0 spiro atoms. The minimum Gasteiger partial charge on any atom is -0.310 e. The highest BCUT2D eigenvalue weighted by Gasteiger charge is 2.21. The largest absolute Gasteiger partial charge is 0.310 e. The molecule has 20 heavy (non-hydrogen) atoms. The van der Waals surface area contributed by atoms with Crippen molar-refractivity contribution in [2.45, 2.75) is 57.9 Å². The molecule has 0 radical (unpaired) electrons. The predicted molar refractivity (Wildman–Crippen MR) is 91.4 cm³/mol. The molecule has 1 aliphatic rings. The van der Waals surface area contributed by atoms with E-state index in [4.69, 9.17) is 11.6 Å². The number of nitrogens with one attached hydrogen (secondary N) is 1. The van der Waals surface area contributed by atoms with Gasteiger partial charge in [-0.05, 0) is 49.1 Å². The van der Waals surface area contributed by atoms with Gasteiger partial charge in [0.2, 0.25) is 0 Å². The van der Waals surface area contributed by atoms with Crippen LogP contribution in [0.3, 0.4) is 0 Å². The molecule has 2 rings (SSSR count). The molecule has 1 aromatic carbocycles. The molecular weight excluding hydrogens is 334 g/mol. The van der Waals surface area contributed by atoms with Crippen LogP contribution >= 0.6 is 27.5 Å². The molecule has 1 fully saturated rings. The van der Waals surface area contributed by atoms with Crippen LogP contribution in [0.4, 0.5) is 0 Å². The highest BCUT2D eigenvalue weighted by atomic mass is 79.9. The van der Waals surface area contributed by atoms with Crippen LogP contribution in [0.5, 0.6) is 0 Å². The summed E-state index contributed by atoms with van der Waals surface area (Å²) in [5.74, 6) is 0.865. The first-order chi connectivity index (χ1) is 9.70. The van der Waals surface area contributed by atoms with Crippen LogP contribution in [-0.2, 0) is 0 Å². The standard InChI is InChI=1S/C17H25BrClN/c1-2-10-20-17(11-13-6-4-3-5-7-13)15-12-14(19)8-9-16(15)18/h8-9,12-13,17,20H,2-7,10-11H2,1H3. The van der Waals surface area contributed by atoms with Gasteiger partial charge in [-0.1, -0.05) is 66.6 Å². The van der Waals surface area contributed by atoms with E-state index in [1.807, 2.05) is 6.07 Å². The van der Waals surface area contributed by atoms with Gasteiger partial charge in [0.05, 0.1) is 0 Å². The summed E-state index contributed by atoms with van der Waals surface area (Å²) in [6.07, 6.45) is 9.41. The summed E-state index contributed by atoms with van der Waals surface area (Å²) >= 11 is 9.88. The Kier molecular flexibility index (Phi) is 6.86. The molecule has 1 nitrogen and oxygen atoms in total. The molecule has 0 aliphatic heterocycles. The Hall–Kier alpha value is -0.0500. The molecule has 1 aromatic rings. The van der Waals surface area contributed by atoms with Crippen molar-refractivity contribution in [3.05, 3.63) is 33.3 Å². The molecule has 0 bridgehead atoms. The van der Waals surface area contributed by atoms with Gasteiger partial charge in [0.15, 0.2) is 0 Å². The first-order valence-corrected chi connectivity index (χ1v) is 9.06. The molecular formula is C17H25BrClN. The molecule has 0 saturated heterocycles. The lowest BCUT2D eigenvalue weighted by atomic mass is 9.83. The molecule has 1 N–H and O–H groups in total. The zero-order valence-corrected chi connectivity index (χ0v) is 14.6. The van der Waals surface area contributed by atoms with Gasteiger partial charge in [0.25, 0.3) is 0 Å².